The summed E-state index contributed by atoms with van der Waals surface area (Å²) in [6.45, 7) is 3.68. The van der Waals surface area contributed by atoms with E-state index in [1.165, 1.54) is 11.3 Å². The van der Waals surface area contributed by atoms with Crippen LogP contribution in [0.2, 0.25) is 0 Å². The molecule has 21 heavy (non-hydrogen) atoms. The number of benzene rings is 1. The molecule has 2 rings (SSSR count). The molecular weight excluding hydrogens is 284 g/mol. The van der Waals surface area contributed by atoms with Crippen molar-refractivity contribution in [2.45, 2.75) is 20.3 Å². The number of amides is 1. The monoisotopic (exact) mass is 300 g/mol. The van der Waals surface area contributed by atoms with Crippen LogP contribution in [0.15, 0.2) is 23.7 Å². The lowest BCUT2D eigenvalue weighted by atomic mass is 10.1. The normalized spacial score (nSPS) is 9.86. The number of nitrogens with zero attached hydrogens (tertiary/aromatic N) is 1. The maximum atomic E-state index is 12.2. The lowest BCUT2D eigenvalue weighted by Gasteiger charge is -2.10. The van der Waals surface area contributed by atoms with Crippen LogP contribution in [0.5, 0.6) is 0 Å². The van der Waals surface area contributed by atoms with Gasteiger partial charge in [-0.1, -0.05) is 18.8 Å². The van der Waals surface area contributed by atoms with Gasteiger partial charge in [0.25, 0.3) is 5.91 Å². The van der Waals surface area contributed by atoms with Crippen LogP contribution in [0.4, 0.5) is 5.69 Å². The van der Waals surface area contributed by atoms with Crippen molar-refractivity contribution in [1.82, 2.24) is 4.98 Å². The van der Waals surface area contributed by atoms with E-state index in [1.807, 2.05) is 32.0 Å². The fourth-order valence-electron chi connectivity index (χ4n) is 1.93. The van der Waals surface area contributed by atoms with E-state index in [4.69, 9.17) is 5.11 Å². The molecule has 0 saturated carbocycles. The minimum Gasteiger partial charge on any atom is -0.384 e. The Balaban J connectivity index is 2.24. The molecule has 0 aliphatic carbocycles. The van der Waals surface area contributed by atoms with Gasteiger partial charge in [-0.2, -0.15) is 0 Å². The lowest BCUT2D eigenvalue weighted by molar-refractivity contribution is 0.102. The number of nitrogens with one attached hydrogen (secondary N) is 1. The standard InChI is InChI=1S/C16H16N2O2S/c1-3-13-9-12(5-4-8-19)6-7-14(13)18-16(20)15-11(2)17-10-21-15/h6-7,9-10,19H,3,8H2,1-2H3,(H,18,20). The topological polar surface area (TPSA) is 62.2 Å². The molecule has 0 unspecified atom stereocenters. The van der Waals surface area contributed by atoms with Crippen molar-refractivity contribution in [3.63, 3.8) is 0 Å². The van der Waals surface area contributed by atoms with E-state index >= 15 is 0 Å². The fraction of sp³-hybridized carbons (Fsp3) is 0.250. The quantitative estimate of drug-likeness (QED) is 0.857. The highest BCUT2D eigenvalue weighted by Crippen LogP contribution is 2.21. The van der Waals surface area contributed by atoms with Crippen LogP contribution in [0.25, 0.3) is 0 Å². The van der Waals surface area contributed by atoms with Crippen LogP contribution in [0.1, 0.15) is 33.4 Å². The Morgan fingerprint density at radius 2 is 2.29 bits per heavy atom. The van der Waals surface area contributed by atoms with Gasteiger partial charge in [-0.05, 0) is 37.1 Å². The Hall–Kier alpha value is -2.16. The zero-order chi connectivity index (χ0) is 15.2. The van der Waals surface area contributed by atoms with E-state index in [0.29, 0.717) is 4.88 Å². The van der Waals surface area contributed by atoms with Crippen LogP contribution in [-0.4, -0.2) is 22.6 Å². The van der Waals surface area contributed by atoms with Gasteiger partial charge >= 0.3 is 0 Å². The van der Waals surface area contributed by atoms with Crippen molar-refractivity contribution in [3.8, 4) is 11.8 Å². The predicted molar refractivity (Wildman–Crippen MR) is 84.6 cm³/mol. The molecule has 1 aromatic heterocycles. The van der Waals surface area contributed by atoms with Crippen LogP contribution in [0.3, 0.4) is 0 Å². The third-order valence-electron chi connectivity index (χ3n) is 3.00. The van der Waals surface area contributed by atoms with E-state index < -0.39 is 0 Å². The molecular formula is C16H16N2O2S. The van der Waals surface area contributed by atoms with E-state index in [2.05, 4.69) is 22.1 Å². The fourth-order valence-corrected chi connectivity index (χ4v) is 2.62. The van der Waals surface area contributed by atoms with Gasteiger partial charge in [0.15, 0.2) is 0 Å². The number of anilines is 1. The molecule has 0 radical (unpaired) electrons. The van der Waals surface area contributed by atoms with Crippen molar-refractivity contribution >= 4 is 22.9 Å². The molecule has 0 bridgehead atoms. The first-order valence-electron chi connectivity index (χ1n) is 6.59. The van der Waals surface area contributed by atoms with Gasteiger partial charge < -0.3 is 10.4 Å². The summed E-state index contributed by atoms with van der Waals surface area (Å²) in [5.74, 6) is 5.34. The molecule has 0 atom stereocenters. The Kier molecular flexibility index (Phi) is 5.09. The van der Waals surface area contributed by atoms with Gasteiger partial charge in [-0.15, -0.1) is 11.3 Å². The third-order valence-corrected chi connectivity index (χ3v) is 3.93. The molecule has 0 saturated heterocycles. The van der Waals surface area contributed by atoms with Crippen molar-refractivity contribution in [1.29, 1.82) is 0 Å². The molecule has 1 amide bonds. The van der Waals surface area contributed by atoms with Gasteiger partial charge in [0.1, 0.15) is 11.5 Å². The Bertz CT molecular complexity index is 711. The Morgan fingerprint density at radius 1 is 1.48 bits per heavy atom. The molecule has 0 aliphatic rings. The smallest absolute Gasteiger partial charge is 0.267 e. The molecule has 5 heteroatoms. The average molecular weight is 300 g/mol. The van der Waals surface area contributed by atoms with E-state index in [1.54, 1.807) is 5.51 Å². The van der Waals surface area contributed by atoms with Crippen LogP contribution in [0, 0.1) is 18.8 Å². The van der Waals surface area contributed by atoms with Crippen LogP contribution in [-0.2, 0) is 6.42 Å². The first kappa shape index (κ1) is 15.2. The van der Waals surface area contributed by atoms with Crippen molar-refractivity contribution in [2.24, 2.45) is 0 Å². The van der Waals surface area contributed by atoms with E-state index in [0.717, 1.165) is 28.9 Å². The number of aryl methyl sites for hydroxylation is 2. The Labute approximate surface area is 127 Å². The highest BCUT2D eigenvalue weighted by Gasteiger charge is 2.13. The third kappa shape index (κ3) is 3.69. The van der Waals surface area contributed by atoms with Gasteiger partial charge in [0.05, 0.1) is 11.2 Å². The van der Waals surface area contributed by atoms with Crippen LogP contribution >= 0.6 is 11.3 Å². The first-order chi connectivity index (χ1) is 10.2. The largest absolute Gasteiger partial charge is 0.384 e. The summed E-state index contributed by atoms with van der Waals surface area (Å²) in [4.78, 5) is 16.9. The summed E-state index contributed by atoms with van der Waals surface area (Å²) in [7, 11) is 0. The number of carbonyl (C=O) groups is 1. The number of hydrogen-bond donors (Lipinski definition) is 2. The molecule has 2 aromatic rings. The van der Waals surface area contributed by atoms with Gasteiger partial charge in [-0.25, -0.2) is 4.98 Å². The maximum Gasteiger partial charge on any atom is 0.267 e. The molecule has 2 N–H and O–H groups in total. The average Bonchev–Trinajstić information content (AvgIpc) is 2.92. The zero-order valence-corrected chi connectivity index (χ0v) is 12.8. The number of hydrogen-bond acceptors (Lipinski definition) is 4. The number of rotatable bonds is 3. The van der Waals surface area contributed by atoms with Gasteiger partial charge in [-0.3, -0.25) is 4.79 Å². The highest BCUT2D eigenvalue weighted by atomic mass is 32.1. The van der Waals surface area contributed by atoms with Gasteiger partial charge in [0, 0.05) is 11.3 Å². The highest BCUT2D eigenvalue weighted by molar-refractivity contribution is 7.12. The zero-order valence-electron chi connectivity index (χ0n) is 11.9. The van der Waals surface area contributed by atoms with Crippen molar-refractivity contribution in [2.75, 3.05) is 11.9 Å². The Morgan fingerprint density at radius 3 is 2.90 bits per heavy atom. The lowest BCUT2D eigenvalue weighted by Crippen LogP contribution is -2.13. The van der Waals surface area contributed by atoms with Gasteiger partial charge in [0.2, 0.25) is 0 Å². The molecule has 4 nitrogen and oxygen atoms in total. The summed E-state index contributed by atoms with van der Waals surface area (Å²) in [5, 5.41) is 11.6. The SMILES string of the molecule is CCc1cc(C#CCO)ccc1NC(=O)c1scnc1C. The molecule has 108 valence electrons. The van der Waals surface area contributed by atoms with Crippen LogP contribution < -0.4 is 5.32 Å². The molecule has 1 aromatic carbocycles. The van der Waals surface area contributed by atoms with E-state index in [-0.39, 0.29) is 12.5 Å². The second-order valence-corrected chi connectivity index (χ2v) is 5.26. The van der Waals surface area contributed by atoms with E-state index in [9.17, 15) is 4.79 Å². The minimum atomic E-state index is -0.162. The second-order valence-electron chi connectivity index (χ2n) is 4.41. The number of aliphatic hydroxyl groups excluding tert-OH is 1. The van der Waals surface area contributed by atoms with Crippen molar-refractivity contribution < 1.29 is 9.90 Å². The number of thiazole rings is 1. The summed E-state index contributed by atoms with van der Waals surface area (Å²) >= 11 is 1.33. The minimum absolute atomic E-state index is 0.140. The summed E-state index contributed by atoms with van der Waals surface area (Å²) in [6, 6.07) is 5.60. The van der Waals surface area contributed by atoms with Crippen molar-refractivity contribution in [3.05, 3.63) is 45.4 Å². The second kappa shape index (κ2) is 7.02. The molecule has 1 heterocycles. The number of aliphatic hydroxyl groups is 1. The molecule has 0 aliphatic heterocycles. The molecule has 0 spiro atoms. The summed E-state index contributed by atoms with van der Waals surface area (Å²) in [6.07, 6.45) is 0.784. The number of aromatic nitrogens is 1. The molecule has 0 fully saturated rings. The predicted octanol–water partition coefficient (Wildman–Crippen LogP) is 2.61. The number of carbonyl (C=O) groups excluding carboxylic acids is 1. The first-order valence-corrected chi connectivity index (χ1v) is 7.47. The summed E-state index contributed by atoms with van der Waals surface area (Å²) < 4.78 is 0. The summed E-state index contributed by atoms with van der Waals surface area (Å²) in [5.41, 5.74) is 5.02. The maximum absolute atomic E-state index is 12.2.